The number of hydrogen-bond donors (Lipinski definition) is 2. The first-order chi connectivity index (χ1) is 10.3. The van der Waals surface area contributed by atoms with E-state index in [0.717, 1.165) is 16.8 Å². The third-order valence-electron chi connectivity index (χ3n) is 2.86. The second-order valence-electron chi connectivity index (χ2n) is 4.29. The quantitative estimate of drug-likeness (QED) is 0.772. The molecule has 0 radical (unpaired) electrons. The van der Waals surface area contributed by atoms with Crippen molar-refractivity contribution >= 4 is 33.5 Å². The number of anilines is 1. The molecule has 0 saturated carbocycles. The average Bonchev–Trinajstić information content (AvgIpc) is 3.11. The highest BCUT2D eigenvalue weighted by Gasteiger charge is 2.10. The Bertz CT molecular complexity index is 767. The molecule has 1 aromatic carbocycles. The molecule has 0 spiro atoms. The first-order valence-electron chi connectivity index (χ1n) is 6.47. The fourth-order valence-electron chi connectivity index (χ4n) is 1.82. The van der Waals surface area contributed by atoms with Crippen LogP contribution in [0.25, 0.3) is 11.0 Å². The second-order valence-corrected chi connectivity index (χ2v) is 5.35. The predicted octanol–water partition coefficient (Wildman–Crippen LogP) is 2.56. The summed E-state index contributed by atoms with van der Waals surface area (Å²) in [5, 5.41) is 19.4. The van der Waals surface area contributed by atoms with Crippen LogP contribution in [-0.2, 0) is 13.0 Å². The molecule has 0 bridgehead atoms. The number of hydrogen-bond acceptors (Lipinski definition) is 6. The van der Waals surface area contributed by atoms with E-state index in [2.05, 4.69) is 26.0 Å². The molecule has 0 atom stereocenters. The molecular weight excluding hydrogens is 290 g/mol. The fraction of sp³-hybridized carbons (Fsp3) is 0.231. The zero-order valence-electron chi connectivity index (χ0n) is 11.3. The predicted molar refractivity (Wildman–Crippen MR) is 79.2 cm³/mol. The normalized spacial score (nSPS) is 10.7. The first-order valence-corrected chi connectivity index (χ1v) is 7.28. The van der Waals surface area contributed by atoms with Crippen molar-refractivity contribution in [3.05, 3.63) is 35.0 Å². The number of nitrogens with one attached hydrogen (secondary N) is 2. The van der Waals surface area contributed by atoms with Crippen LogP contribution in [0.5, 0.6) is 0 Å². The fourth-order valence-corrected chi connectivity index (χ4v) is 2.49. The molecule has 0 fully saturated rings. The Hall–Kier alpha value is -2.48. The molecule has 2 heterocycles. The highest BCUT2D eigenvalue weighted by molar-refractivity contribution is 7.15. The summed E-state index contributed by atoms with van der Waals surface area (Å²) >= 11 is 1.36. The van der Waals surface area contributed by atoms with Gasteiger partial charge in [-0.15, -0.1) is 10.2 Å². The molecule has 108 valence electrons. The third kappa shape index (κ3) is 3.00. The number of benzene rings is 1. The van der Waals surface area contributed by atoms with Gasteiger partial charge in [0.15, 0.2) is 5.58 Å². The number of para-hydroxylation sites is 1. The summed E-state index contributed by atoms with van der Waals surface area (Å²) in [4.78, 5) is 11.8. The van der Waals surface area contributed by atoms with Crippen LogP contribution in [0, 0.1) is 0 Å². The molecule has 2 N–H and O–H groups in total. The van der Waals surface area contributed by atoms with Gasteiger partial charge in [0, 0.05) is 5.39 Å². The maximum atomic E-state index is 11.8. The van der Waals surface area contributed by atoms with Gasteiger partial charge < -0.3 is 9.84 Å². The van der Waals surface area contributed by atoms with Crippen LogP contribution in [-0.4, -0.2) is 21.4 Å². The Labute approximate surface area is 124 Å². The smallest absolute Gasteiger partial charge is 0.321 e. The van der Waals surface area contributed by atoms with Gasteiger partial charge in [-0.05, 0) is 18.6 Å². The van der Waals surface area contributed by atoms with Crippen LogP contribution in [0.15, 0.2) is 28.8 Å². The lowest BCUT2D eigenvalue weighted by atomic mass is 10.2. The second kappa shape index (κ2) is 5.88. The number of aromatic nitrogens is 3. The molecule has 0 saturated heterocycles. The average molecular weight is 303 g/mol. The number of fused-ring (bicyclic) bond motifs is 1. The maximum Gasteiger partial charge on any atom is 0.321 e. The zero-order valence-corrected chi connectivity index (χ0v) is 12.1. The van der Waals surface area contributed by atoms with E-state index in [0.29, 0.717) is 16.4 Å². The third-order valence-corrected chi connectivity index (χ3v) is 3.84. The summed E-state index contributed by atoms with van der Waals surface area (Å²) < 4.78 is 5.18. The molecule has 0 aliphatic rings. The number of carbonyl (C=O) groups is 1. The molecule has 2 amide bonds. The van der Waals surface area contributed by atoms with Crippen molar-refractivity contribution in [1.82, 2.24) is 20.7 Å². The standard InChI is InChI=1S/C13H13N5O2S/c1-2-11-16-17-13(21-11)15-12(19)14-7-9-8-5-3-4-6-10(8)20-18-9/h3-6H,2,7H2,1H3,(H2,14,15,17,19). The van der Waals surface area contributed by atoms with E-state index in [-0.39, 0.29) is 12.6 Å². The molecule has 21 heavy (non-hydrogen) atoms. The van der Waals surface area contributed by atoms with Crippen LogP contribution in [0.1, 0.15) is 17.6 Å². The van der Waals surface area contributed by atoms with Crippen LogP contribution in [0.3, 0.4) is 0 Å². The summed E-state index contributed by atoms with van der Waals surface area (Å²) in [5.41, 5.74) is 1.39. The van der Waals surface area contributed by atoms with E-state index < -0.39 is 0 Å². The van der Waals surface area contributed by atoms with Gasteiger partial charge >= 0.3 is 6.03 Å². The Morgan fingerprint density at radius 1 is 1.33 bits per heavy atom. The van der Waals surface area contributed by atoms with Gasteiger partial charge in [-0.3, -0.25) is 5.32 Å². The summed E-state index contributed by atoms with van der Waals surface area (Å²) in [7, 11) is 0. The molecule has 2 aromatic heterocycles. The maximum absolute atomic E-state index is 11.8. The highest BCUT2D eigenvalue weighted by Crippen LogP contribution is 2.18. The van der Waals surface area contributed by atoms with E-state index in [9.17, 15) is 4.79 Å². The molecular formula is C13H13N5O2S. The summed E-state index contributed by atoms with van der Waals surface area (Å²) in [5.74, 6) is 0. The highest BCUT2D eigenvalue weighted by atomic mass is 32.1. The van der Waals surface area contributed by atoms with Gasteiger partial charge in [-0.2, -0.15) is 0 Å². The topological polar surface area (TPSA) is 92.9 Å². The minimum Gasteiger partial charge on any atom is -0.356 e. The van der Waals surface area contributed by atoms with Crippen molar-refractivity contribution in [3.63, 3.8) is 0 Å². The van der Waals surface area contributed by atoms with Crippen molar-refractivity contribution < 1.29 is 9.32 Å². The first kappa shape index (κ1) is 13.5. The Kier molecular flexibility index (Phi) is 3.78. The van der Waals surface area contributed by atoms with E-state index in [1.165, 1.54) is 11.3 Å². The van der Waals surface area contributed by atoms with Gasteiger partial charge in [-0.1, -0.05) is 35.5 Å². The van der Waals surface area contributed by atoms with Crippen molar-refractivity contribution in [2.75, 3.05) is 5.32 Å². The van der Waals surface area contributed by atoms with E-state index in [1.807, 2.05) is 31.2 Å². The number of rotatable bonds is 4. The van der Waals surface area contributed by atoms with Gasteiger partial charge in [0.25, 0.3) is 0 Å². The summed E-state index contributed by atoms with van der Waals surface area (Å²) in [6.07, 6.45) is 0.798. The Morgan fingerprint density at radius 2 is 2.19 bits per heavy atom. The minimum atomic E-state index is -0.346. The molecule has 3 aromatic rings. The molecule has 8 heteroatoms. The largest absolute Gasteiger partial charge is 0.356 e. The zero-order chi connectivity index (χ0) is 14.7. The van der Waals surface area contributed by atoms with Gasteiger partial charge in [-0.25, -0.2) is 4.79 Å². The SMILES string of the molecule is CCc1nnc(NC(=O)NCc2noc3ccccc23)s1. The van der Waals surface area contributed by atoms with Crippen molar-refractivity contribution in [2.45, 2.75) is 19.9 Å². The van der Waals surface area contributed by atoms with Crippen molar-refractivity contribution in [2.24, 2.45) is 0 Å². The number of nitrogens with zero attached hydrogens (tertiary/aromatic N) is 3. The van der Waals surface area contributed by atoms with Crippen LogP contribution in [0.4, 0.5) is 9.93 Å². The summed E-state index contributed by atoms with van der Waals surface area (Å²) in [6, 6.07) is 7.16. The van der Waals surface area contributed by atoms with E-state index in [1.54, 1.807) is 0 Å². The molecule has 0 aliphatic carbocycles. The molecule has 0 unspecified atom stereocenters. The monoisotopic (exact) mass is 303 g/mol. The van der Waals surface area contributed by atoms with E-state index in [4.69, 9.17) is 4.52 Å². The van der Waals surface area contributed by atoms with Crippen LogP contribution in [0.2, 0.25) is 0 Å². The van der Waals surface area contributed by atoms with E-state index >= 15 is 0 Å². The number of amides is 2. The summed E-state index contributed by atoms with van der Waals surface area (Å²) in [6.45, 7) is 2.27. The van der Waals surface area contributed by atoms with Crippen molar-refractivity contribution in [3.8, 4) is 0 Å². The Balaban J connectivity index is 1.60. The van der Waals surface area contributed by atoms with Gasteiger partial charge in [0.1, 0.15) is 10.7 Å². The molecule has 3 rings (SSSR count). The minimum absolute atomic E-state index is 0.280. The van der Waals surface area contributed by atoms with Crippen LogP contribution >= 0.6 is 11.3 Å². The van der Waals surface area contributed by atoms with Gasteiger partial charge in [0.05, 0.1) is 6.54 Å². The number of urea groups is 1. The number of aryl methyl sites for hydroxylation is 1. The van der Waals surface area contributed by atoms with Gasteiger partial charge in [0.2, 0.25) is 5.13 Å². The van der Waals surface area contributed by atoms with Crippen molar-refractivity contribution in [1.29, 1.82) is 0 Å². The Morgan fingerprint density at radius 3 is 3.00 bits per heavy atom. The lowest BCUT2D eigenvalue weighted by Crippen LogP contribution is -2.28. The molecule has 7 nitrogen and oxygen atoms in total. The lowest BCUT2D eigenvalue weighted by Gasteiger charge is -2.02. The molecule has 0 aliphatic heterocycles. The van der Waals surface area contributed by atoms with Crippen LogP contribution < -0.4 is 10.6 Å². The number of carbonyl (C=O) groups excluding carboxylic acids is 1. The lowest BCUT2D eigenvalue weighted by molar-refractivity contribution is 0.251.